The van der Waals surface area contributed by atoms with Gasteiger partial charge in [0.05, 0.1) is 18.3 Å². The molecule has 4 unspecified atom stereocenters. The molecule has 0 spiro atoms. The fourth-order valence-electron chi connectivity index (χ4n) is 11.6. The van der Waals surface area contributed by atoms with Gasteiger partial charge in [-0.05, 0) is 111 Å². The zero-order valence-corrected chi connectivity index (χ0v) is 25.6. The molecule has 0 radical (unpaired) electrons. The minimum absolute atomic E-state index is 0.114. The topological polar surface area (TPSA) is 84.2 Å². The van der Waals surface area contributed by atoms with Crippen molar-refractivity contribution in [2.24, 2.45) is 46.3 Å². The summed E-state index contributed by atoms with van der Waals surface area (Å²) in [6.07, 6.45) is 13.8. The third-order valence-electron chi connectivity index (χ3n) is 14.1. The van der Waals surface area contributed by atoms with Crippen molar-refractivity contribution in [3.63, 3.8) is 0 Å². The van der Waals surface area contributed by atoms with E-state index in [1.807, 2.05) is 0 Å². The smallest absolute Gasteiger partial charge is 0.222 e. The Labute approximate surface area is 243 Å². The Bertz CT molecular complexity index is 900. The summed E-state index contributed by atoms with van der Waals surface area (Å²) >= 11 is 0. The molecule has 0 bridgehead atoms. The highest BCUT2D eigenvalue weighted by Crippen LogP contribution is 2.68. The molecule has 40 heavy (non-hydrogen) atoms. The van der Waals surface area contributed by atoms with Crippen LogP contribution in [0.15, 0.2) is 0 Å². The van der Waals surface area contributed by atoms with Crippen LogP contribution < -0.4 is 0 Å². The highest BCUT2D eigenvalue weighted by atomic mass is 16.3. The molecule has 0 aromatic heterocycles. The predicted octanol–water partition coefficient (Wildman–Crippen LogP) is 4.84. The number of hydrogen-bond acceptors (Lipinski definition) is 5. The molecule has 228 valence electrons. The molecule has 1 heterocycles. The molecule has 5 saturated carbocycles. The maximum Gasteiger partial charge on any atom is 0.222 e. The summed E-state index contributed by atoms with van der Waals surface area (Å²) in [7, 11) is 0. The summed E-state index contributed by atoms with van der Waals surface area (Å²) in [6, 6.07) is 0.740. The van der Waals surface area contributed by atoms with Crippen LogP contribution in [0.3, 0.4) is 0 Å². The van der Waals surface area contributed by atoms with E-state index < -0.39 is 0 Å². The van der Waals surface area contributed by atoms with E-state index in [1.165, 1.54) is 32.1 Å². The fourth-order valence-corrected chi connectivity index (χ4v) is 11.6. The van der Waals surface area contributed by atoms with Gasteiger partial charge in [-0.2, -0.15) is 0 Å². The Kier molecular flexibility index (Phi) is 8.40. The monoisotopic (exact) mass is 558 g/mol. The molecule has 5 aliphatic carbocycles. The van der Waals surface area contributed by atoms with Gasteiger partial charge in [0.1, 0.15) is 0 Å². The van der Waals surface area contributed by atoms with Gasteiger partial charge in [-0.25, -0.2) is 0 Å². The molecule has 6 aliphatic rings. The predicted molar refractivity (Wildman–Crippen MR) is 157 cm³/mol. The number of aliphatic hydroxyl groups excluding tert-OH is 3. The first kappa shape index (κ1) is 29.4. The molecule has 3 N–H and O–H groups in total. The second kappa shape index (κ2) is 11.4. The molecule has 6 rings (SSSR count). The number of rotatable bonds is 5. The molecule has 0 aromatic rings. The minimum Gasteiger partial charge on any atom is -0.393 e. The zero-order valence-electron chi connectivity index (χ0n) is 25.6. The van der Waals surface area contributed by atoms with Gasteiger partial charge >= 0.3 is 0 Å². The molecule has 11 atom stereocenters. The lowest BCUT2D eigenvalue weighted by Gasteiger charge is -2.63. The first-order valence-electron chi connectivity index (χ1n) is 17.2. The van der Waals surface area contributed by atoms with Crippen molar-refractivity contribution in [1.29, 1.82) is 0 Å². The Morgan fingerprint density at radius 1 is 0.875 bits per heavy atom. The molecule has 6 heteroatoms. The maximum atomic E-state index is 13.3. The summed E-state index contributed by atoms with van der Waals surface area (Å²) in [5.74, 6) is 2.40. The Morgan fingerprint density at radius 2 is 1.60 bits per heavy atom. The summed E-state index contributed by atoms with van der Waals surface area (Å²) in [6.45, 7) is 10.9. The lowest BCUT2D eigenvalue weighted by molar-refractivity contribution is -0.207. The highest BCUT2D eigenvalue weighted by Gasteiger charge is 2.65. The third-order valence-corrected chi connectivity index (χ3v) is 14.1. The van der Waals surface area contributed by atoms with Crippen molar-refractivity contribution < 1.29 is 20.1 Å². The molecule has 1 amide bonds. The van der Waals surface area contributed by atoms with Gasteiger partial charge in [0.2, 0.25) is 5.91 Å². The SMILES string of the molecule is C[C@H](CCC(=O)N1CCN(C2CCCCC2)CC1)[C@H]1CCC2C3C(C[C@H](O)[C@@]21C)[C@@]1(C)CC[C@@H](O)CC1C[C@H]3O. The van der Waals surface area contributed by atoms with Crippen molar-refractivity contribution in [2.45, 2.75) is 135 Å². The second-order valence-corrected chi connectivity index (χ2v) is 15.8. The van der Waals surface area contributed by atoms with E-state index in [-0.39, 0.29) is 35.1 Å². The number of hydrogen-bond donors (Lipinski definition) is 3. The average Bonchev–Trinajstić information content (AvgIpc) is 3.32. The summed E-state index contributed by atoms with van der Waals surface area (Å²) in [4.78, 5) is 18.0. The highest BCUT2D eigenvalue weighted by molar-refractivity contribution is 5.76. The lowest BCUT2D eigenvalue weighted by atomic mass is 9.43. The number of piperazine rings is 1. The van der Waals surface area contributed by atoms with Gasteiger partial charge in [-0.1, -0.05) is 40.0 Å². The number of aliphatic hydroxyl groups is 3. The molecule has 1 saturated heterocycles. The first-order chi connectivity index (χ1) is 19.1. The van der Waals surface area contributed by atoms with Crippen LogP contribution in [-0.2, 0) is 4.79 Å². The Balaban J connectivity index is 1.06. The quantitative estimate of drug-likeness (QED) is 0.450. The number of nitrogens with zero attached hydrogens (tertiary/aromatic N) is 2. The van der Waals surface area contributed by atoms with Crippen LogP contribution in [0.5, 0.6) is 0 Å². The van der Waals surface area contributed by atoms with Gasteiger partial charge in [0, 0.05) is 38.6 Å². The van der Waals surface area contributed by atoms with Crippen LogP contribution in [0.25, 0.3) is 0 Å². The third kappa shape index (κ3) is 4.99. The maximum absolute atomic E-state index is 13.3. The van der Waals surface area contributed by atoms with E-state index in [0.29, 0.717) is 41.9 Å². The van der Waals surface area contributed by atoms with E-state index in [0.717, 1.165) is 83.6 Å². The second-order valence-electron chi connectivity index (χ2n) is 15.8. The van der Waals surface area contributed by atoms with Crippen LogP contribution in [0.2, 0.25) is 0 Å². The molecule has 0 aromatic carbocycles. The number of carbonyl (C=O) groups is 1. The first-order valence-corrected chi connectivity index (χ1v) is 17.2. The Hall–Kier alpha value is -0.690. The minimum atomic E-state index is -0.355. The normalized spacial score (nSPS) is 47.3. The van der Waals surface area contributed by atoms with Crippen LogP contribution in [-0.4, -0.2) is 81.6 Å². The van der Waals surface area contributed by atoms with Crippen molar-refractivity contribution in [3.05, 3.63) is 0 Å². The molecule has 6 fully saturated rings. The molecule has 6 nitrogen and oxygen atoms in total. The van der Waals surface area contributed by atoms with Crippen LogP contribution in [0.1, 0.15) is 111 Å². The fraction of sp³-hybridized carbons (Fsp3) is 0.971. The average molecular weight is 559 g/mol. The van der Waals surface area contributed by atoms with Crippen LogP contribution in [0, 0.1) is 46.3 Å². The van der Waals surface area contributed by atoms with Crippen molar-refractivity contribution in [1.82, 2.24) is 9.80 Å². The summed E-state index contributed by atoms with van der Waals surface area (Å²) in [5.41, 5.74) is -0.0732. The van der Waals surface area contributed by atoms with Gasteiger partial charge in [0.25, 0.3) is 0 Å². The van der Waals surface area contributed by atoms with Gasteiger partial charge in [-0.3, -0.25) is 9.69 Å². The lowest BCUT2D eigenvalue weighted by Crippen LogP contribution is -2.62. The van der Waals surface area contributed by atoms with Crippen molar-refractivity contribution in [3.8, 4) is 0 Å². The summed E-state index contributed by atoms with van der Waals surface area (Å²) < 4.78 is 0. The van der Waals surface area contributed by atoms with E-state index in [1.54, 1.807) is 0 Å². The van der Waals surface area contributed by atoms with E-state index in [9.17, 15) is 20.1 Å². The van der Waals surface area contributed by atoms with Crippen molar-refractivity contribution >= 4 is 5.91 Å². The van der Waals surface area contributed by atoms with Crippen LogP contribution in [0.4, 0.5) is 0 Å². The standard InChI is InChI=1S/C34H58N2O4/c1-22(9-12-31(40)36-17-15-35(16-18-36)24-7-5-4-6-8-24)26-10-11-27-32-28(21-30(39)34(26,27)3)33(2)14-13-25(37)19-23(33)20-29(32)38/h22-30,32,37-39H,4-21H2,1-3H3/t22-,23?,25-,26-,27?,28?,29-,30+,32?,33+,34-/m1/s1. The van der Waals surface area contributed by atoms with E-state index in [4.69, 9.17) is 0 Å². The van der Waals surface area contributed by atoms with Gasteiger partial charge in [-0.15, -0.1) is 0 Å². The molecule has 1 aliphatic heterocycles. The molecular formula is C34H58N2O4. The summed E-state index contributed by atoms with van der Waals surface area (Å²) in [5, 5.41) is 33.7. The van der Waals surface area contributed by atoms with Gasteiger partial charge < -0.3 is 20.2 Å². The molecular weight excluding hydrogens is 500 g/mol. The number of fused-ring (bicyclic) bond motifs is 5. The van der Waals surface area contributed by atoms with Gasteiger partial charge in [0.15, 0.2) is 0 Å². The van der Waals surface area contributed by atoms with E-state index in [2.05, 4.69) is 30.6 Å². The van der Waals surface area contributed by atoms with Crippen molar-refractivity contribution in [2.75, 3.05) is 26.2 Å². The number of carbonyl (C=O) groups excluding carboxylic acids is 1. The van der Waals surface area contributed by atoms with Crippen LogP contribution >= 0.6 is 0 Å². The Morgan fingerprint density at radius 3 is 2.33 bits per heavy atom. The number of amides is 1. The zero-order chi connectivity index (χ0) is 28.2. The largest absolute Gasteiger partial charge is 0.393 e. The van der Waals surface area contributed by atoms with E-state index >= 15 is 0 Å².